The molecule has 0 bridgehead atoms. The van der Waals surface area contributed by atoms with Crippen LogP contribution < -0.4 is 5.32 Å². The summed E-state index contributed by atoms with van der Waals surface area (Å²) in [5, 5.41) is 3.17. The van der Waals surface area contributed by atoms with Gasteiger partial charge in [0.1, 0.15) is 0 Å². The number of halogens is 1. The Bertz CT molecular complexity index is 890. The van der Waals surface area contributed by atoms with Crippen molar-refractivity contribution in [3.63, 3.8) is 0 Å². The molecule has 2 aliphatic rings. The number of hydrogen-bond acceptors (Lipinski definition) is 4. The van der Waals surface area contributed by atoms with Gasteiger partial charge in [-0.1, -0.05) is 43.5 Å². The van der Waals surface area contributed by atoms with Crippen LogP contribution in [0.4, 0.5) is 4.39 Å². The molecule has 1 aliphatic heterocycles. The van der Waals surface area contributed by atoms with Crippen molar-refractivity contribution in [1.82, 2.24) is 15.2 Å². The second kappa shape index (κ2) is 11.0. The summed E-state index contributed by atoms with van der Waals surface area (Å²) >= 11 is 0. The molecule has 1 N–H and O–H groups in total. The van der Waals surface area contributed by atoms with E-state index in [1.807, 2.05) is 30.3 Å². The van der Waals surface area contributed by atoms with E-state index in [9.17, 15) is 9.18 Å². The zero-order chi connectivity index (χ0) is 22.3. The Morgan fingerprint density at radius 3 is 2.53 bits per heavy atom. The Labute approximate surface area is 190 Å². The summed E-state index contributed by atoms with van der Waals surface area (Å²) in [6.45, 7) is 5.87. The zero-order valence-electron chi connectivity index (χ0n) is 19.0. The minimum Gasteiger partial charge on any atom is -0.379 e. The highest BCUT2D eigenvalue weighted by Crippen LogP contribution is 2.26. The number of hydrogen-bond donors (Lipinski definition) is 1. The zero-order valence-corrected chi connectivity index (χ0v) is 19.0. The molecular weight excluding hydrogens is 405 g/mol. The number of nitrogens with one attached hydrogen (secondary N) is 1. The molecule has 2 heterocycles. The number of nitrogens with zero attached hydrogens (tertiary/aromatic N) is 2. The van der Waals surface area contributed by atoms with E-state index >= 15 is 0 Å². The lowest BCUT2D eigenvalue weighted by molar-refractivity contribution is -0.121. The molecule has 2 fully saturated rings. The third-order valence-corrected chi connectivity index (χ3v) is 6.77. The van der Waals surface area contributed by atoms with Crippen molar-refractivity contribution in [2.75, 3.05) is 26.3 Å². The van der Waals surface area contributed by atoms with Crippen LogP contribution in [-0.2, 0) is 22.5 Å². The third-order valence-electron chi connectivity index (χ3n) is 6.77. The molecule has 32 heavy (non-hydrogen) atoms. The fourth-order valence-corrected chi connectivity index (χ4v) is 4.81. The molecule has 1 saturated carbocycles. The van der Waals surface area contributed by atoms with Gasteiger partial charge < -0.3 is 10.1 Å². The van der Waals surface area contributed by atoms with Gasteiger partial charge in [-0.2, -0.15) is 4.39 Å². The maximum atomic E-state index is 14.7. The quantitative estimate of drug-likeness (QED) is 0.652. The number of amides is 1. The van der Waals surface area contributed by atoms with Crippen LogP contribution in [0.5, 0.6) is 0 Å². The Morgan fingerprint density at radius 2 is 1.84 bits per heavy atom. The molecule has 5 nitrogen and oxygen atoms in total. The lowest BCUT2D eigenvalue weighted by Gasteiger charge is -2.28. The standard InChI is InChI=1S/C26H34FN3O2/c1-19(21-5-3-2-4-6-21)28-25(31)17-20-7-9-22(10-8-20)24-12-11-23(29-26(24)27)18-30-13-15-32-16-14-30/h7-12,19,21H,2-6,13-18H2,1H3,(H,28,31)/t19-/m1/s1. The molecule has 1 atom stereocenters. The molecule has 1 saturated heterocycles. The topological polar surface area (TPSA) is 54.5 Å². The molecule has 0 unspecified atom stereocenters. The Hall–Kier alpha value is -2.31. The van der Waals surface area contributed by atoms with Gasteiger partial charge in [-0.3, -0.25) is 9.69 Å². The minimum absolute atomic E-state index is 0.0520. The van der Waals surface area contributed by atoms with E-state index in [2.05, 4.69) is 22.1 Å². The third kappa shape index (κ3) is 6.14. The van der Waals surface area contributed by atoms with Gasteiger partial charge in [0, 0.05) is 31.2 Å². The monoisotopic (exact) mass is 439 g/mol. The summed E-state index contributed by atoms with van der Waals surface area (Å²) in [5.41, 5.74) is 2.92. The number of rotatable bonds is 7. The molecule has 1 aliphatic carbocycles. The number of ether oxygens (including phenoxy) is 1. The van der Waals surface area contributed by atoms with Gasteiger partial charge in [0.25, 0.3) is 0 Å². The molecule has 4 rings (SSSR count). The number of aromatic nitrogens is 1. The molecule has 1 amide bonds. The summed E-state index contributed by atoms with van der Waals surface area (Å²) < 4.78 is 20.1. The van der Waals surface area contributed by atoms with Gasteiger partial charge in [-0.05, 0) is 48.9 Å². The van der Waals surface area contributed by atoms with Crippen LogP contribution in [0.1, 0.15) is 50.3 Å². The fourth-order valence-electron chi connectivity index (χ4n) is 4.81. The van der Waals surface area contributed by atoms with Crippen LogP contribution in [0, 0.1) is 11.9 Å². The van der Waals surface area contributed by atoms with Crippen LogP contribution in [0.25, 0.3) is 11.1 Å². The Balaban J connectivity index is 1.33. The lowest BCUT2D eigenvalue weighted by Crippen LogP contribution is -2.39. The highest BCUT2D eigenvalue weighted by molar-refractivity contribution is 5.79. The van der Waals surface area contributed by atoms with Gasteiger partial charge in [-0.15, -0.1) is 0 Å². The highest BCUT2D eigenvalue weighted by Gasteiger charge is 2.21. The lowest BCUT2D eigenvalue weighted by atomic mass is 9.84. The molecule has 2 aromatic rings. The normalized spacial score (nSPS) is 18.9. The molecule has 1 aromatic carbocycles. The Morgan fingerprint density at radius 1 is 1.12 bits per heavy atom. The molecule has 0 radical (unpaired) electrons. The smallest absolute Gasteiger partial charge is 0.224 e. The number of carbonyl (C=O) groups excluding carboxylic acids is 1. The fraction of sp³-hybridized carbons (Fsp3) is 0.538. The second-order valence-electron chi connectivity index (χ2n) is 9.16. The number of morpholine rings is 1. The maximum absolute atomic E-state index is 14.7. The summed E-state index contributed by atoms with van der Waals surface area (Å²) in [7, 11) is 0. The van der Waals surface area contributed by atoms with E-state index in [0.29, 0.717) is 37.7 Å². The van der Waals surface area contributed by atoms with Gasteiger partial charge >= 0.3 is 0 Å². The van der Waals surface area contributed by atoms with Crippen molar-refractivity contribution in [2.45, 2.75) is 58.0 Å². The van der Waals surface area contributed by atoms with Gasteiger partial charge in [0.2, 0.25) is 11.9 Å². The summed E-state index contributed by atoms with van der Waals surface area (Å²) in [6.07, 6.45) is 6.62. The maximum Gasteiger partial charge on any atom is 0.224 e. The average Bonchev–Trinajstić information content (AvgIpc) is 2.81. The SMILES string of the molecule is C[C@@H](NC(=O)Cc1ccc(-c2ccc(CN3CCOCC3)nc2F)cc1)C1CCCCC1. The average molecular weight is 440 g/mol. The second-order valence-corrected chi connectivity index (χ2v) is 9.16. The van der Waals surface area contributed by atoms with E-state index in [1.165, 1.54) is 32.1 Å². The van der Waals surface area contributed by atoms with Crippen molar-refractivity contribution in [2.24, 2.45) is 5.92 Å². The van der Waals surface area contributed by atoms with Crippen molar-refractivity contribution in [1.29, 1.82) is 0 Å². The van der Waals surface area contributed by atoms with Gasteiger partial charge in [-0.25, -0.2) is 4.98 Å². The first-order valence-corrected chi connectivity index (χ1v) is 11.9. The van der Waals surface area contributed by atoms with E-state index < -0.39 is 5.95 Å². The summed E-state index contributed by atoms with van der Waals surface area (Å²) in [5.74, 6) is 0.190. The summed E-state index contributed by atoms with van der Waals surface area (Å²) in [6, 6.07) is 11.5. The van der Waals surface area contributed by atoms with E-state index in [-0.39, 0.29) is 11.9 Å². The molecule has 6 heteroatoms. The predicted molar refractivity (Wildman–Crippen MR) is 124 cm³/mol. The van der Waals surface area contributed by atoms with E-state index in [1.54, 1.807) is 6.07 Å². The van der Waals surface area contributed by atoms with Crippen molar-refractivity contribution < 1.29 is 13.9 Å². The Kier molecular flexibility index (Phi) is 7.87. The van der Waals surface area contributed by atoms with E-state index in [0.717, 1.165) is 29.9 Å². The molecular formula is C26H34FN3O2. The van der Waals surface area contributed by atoms with Crippen molar-refractivity contribution >= 4 is 5.91 Å². The molecule has 172 valence electrons. The first kappa shape index (κ1) is 22.9. The van der Waals surface area contributed by atoms with Crippen LogP contribution in [0.3, 0.4) is 0 Å². The number of pyridine rings is 1. The minimum atomic E-state index is -0.456. The van der Waals surface area contributed by atoms with Gasteiger partial charge in [0.15, 0.2) is 0 Å². The number of carbonyl (C=O) groups is 1. The first-order chi connectivity index (χ1) is 15.6. The van der Waals surface area contributed by atoms with Gasteiger partial charge in [0.05, 0.1) is 25.3 Å². The van der Waals surface area contributed by atoms with Crippen LogP contribution in [0.15, 0.2) is 36.4 Å². The van der Waals surface area contributed by atoms with Crippen LogP contribution in [-0.4, -0.2) is 48.1 Å². The van der Waals surface area contributed by atoms with Crippen molar-refractivity contribution in [3.8, 4) is 11.1 Å². The summed E-state index contributed by atoms with van der Waals surface area (Å²) in [4.78, 5) is 18.9. The van der Waals surface area contributed by atoms with Crippen LogP contribution in [0.2, 0.25) is 0 Å². The van der Waals surface area contributed by atoms with Crippen molar-refractivity contribution in [3.05, 3.63) is 53.6 Å². The van der Waals surface area contributed by atoms with Crippen LogP contribution >= 0.6 is 0 Å². The first-order valence-electron chi connectivity index (χ1n) is 11.9. The molecule has 0 spiro atoms. The highest BCUT2D eigenvalue weighted by atomic mass is 19.1. The predicted octanol–water partition coefficient (Wildman–Crippen LogP) is 4.35. The van der Waals surface area contributed by atoms with E-state index in [4.69, 9.17) is 4.74 Å². The molecule has 1 aromatic heterocycles. The largest absolute Gasteiger partial charge is 0.379 e. The number of benzene rings is 1.